The van der Waals surface area contributed by atoms with E-state index >= 15 is 0 Å². The van der Waals surface area contributed by atoms with Crippen molar-refractivity contribution in [1.29, 1.82) is 0 Å². The molecule has 0 unspecified atom stereocenters. The predicted octanol–water partition coefficient (Wildman–Crippen LogP) is 2.43. The van der Waals surface area contributed by atoms with Crippen LogP contribution in [0.3, 0.4) is 0 Å². The molecule has 3 rings (SSSR count). The Morgan fingerprint density at radius 1 is 1.22 bits per heavy atom. The van der Waals surface area contributed by atoms with Crippen molar-refractivity contribution in [1.82, 2.24) is 20.2 Å². The van der Waals surface area contributed by atoms with Gasteiger partial charge in [0, 0.05) is 11.3 Å². The van der Waals surface area contributed by atoms with Crippen LogP contribution < -0.4 is 5.32 Å². The molecule has 7 heteroatoms. The first-order chi connectivity index (χ1) is 11.1. The van der Waals surface area contributed by atoms with E-state index in [2.05, 4.69) is 20.7 Å². The molecule has 0 radical (unpaired) electrons. The summed E-state index contributed by atoms with van der Waals surface area (Å²) >= 11 is 0. The second-order valence-electron chi connectivity index (χ2n) is 5.07. The van der Waals surface area contributed by atoms with Crippen LogP contribution in [0.15, 0.2) is 48.5 Å². The highest BCUT2D eigenvalue weighted by Gasteiger charge is 2.09. The highest BCUT2D eigenvalue weighted by atomic mass is 19.1. The fraction of sp³-hybridized carbons (Fsp3) is 0.125. The number of hydrogen-bond donors (Lipinski definition) is 1. The maximum atomic E-state index is 12.9. The first-order valence-corrected chi connectivity index (χ1v) is 7.00. The molecular weight excluding hydrogens is 297 g/mol. The molecule has 1 N–H and O–H groups in total. The molecule has 0 aliphatic heterocycles. The molecule has 1 amide bonds. The minimum absolute atomic E-state index is 0.0534. The number of benzene rings is 2. The topological polar surface area (TPSA) is 72.7 Å². The molecule has 0 bridgehead atoms. The summed E-state index contributed by atoms with van der Waals surface area (Å²) in [6.45, 7) is 1.89. The molecule has 0 spiro atoms. The summed E-state index contributed by atoms with van der Waals surface area (Å²) in [4.78, 5) is 13.2. The largest absolute Gasteiger partial charge is 0.324 e. The highest BCUT2D eigenvalue weighted by molar-refractivity contribution is 5.90. The number of rotatable bonds is 4. The lowest BCUT2D eigenvalue weighted by molar-refractivity contribution is -0.117. The quantitative estimate of drug-likeness (QED) is 0.803. The number of anilines is 1. The summed E-state index contributed by atoms with van der Waals surface area (Å²) < 4.78 is 12.9. The number of nitrogens with one attached hydrogen (secondary N) is 1. The second kappa shape index (κ2) is 6.35. The van der Waals surface area contributed by atoms with Gasteiger partial charge in [-0.15, -0.1) is 10.2 Å². The first kappa shape index (κ1) is 14.8. The summed E-state index contributed by atoms with van der Waals surface area (Å²) in [6.07, 6.45) is 0. The third kappa shape index (κ3) is 3.76. The van der Waals surface area contributed by atoms with E-state index in [9.17, 15) is 9.18 Å². The number of halogens is 1. The van der Waals surface area contributed by atoms with Gasteiger partial charge in [-0.05, 0) is 54.1 Å². The van der Waals surface area contributed by atoms with Crippen LogP contribution >= 0.6 is 0 Å². The molecule has 0 saturated heterocycles. The van der Waals surface area contributed by atoms with Crippen molar-refractivity contribution < 1.29 is 9.18 Å². The number of aromatic nitrogens is 4. The molecule has 0 fully saturated rings. The molecule has 1 heterocycles. The summed E-state index contributed by atoms with van der Waals surface area (Å²) in [7, 11) is 0. The minimum Gasteiger partial charge on any atom is -0.324 e. The van der Waals surface area contributed by atoms with Crippen LogP contribution in [0.1, 0.15) is 5.56 Å². The smallest absolute Gasteiger partial charge is 0.248 e. The van der Waals surface area contributed by atoms with Crippen LogP contribution in [-0.4, -0.2) is 26.1 Å². The summed E-state index contributed by atoms with van der Waals surface area (Å²) in [5.74, 6) is -0.245. The monoisotopic (exact) mass is 311 g/mol. The van der Waals surface area contributed by atoms with E-state index in [0.29, 0.717) is 17.1 Å². The van der Waals surface area contributed by atoms with E-state index in [1.54, 1.807) is 12.1 Å². The zero-order chi connectivity index (χ0) is 16.2. The fourth-order valence-corrected chi connectivity index (χ4v) is 2.08. The van der Waals surface area contributed by atoms with Crippen LogP contribution in [0.4, 0.5) is 10.1 Å². The van der Waals surface area contributed by atoms with E-state index in [1.165, 1.54) is 16.9 Å². The normalized spacial score (nSPS) is 10.5. The maximum Gasteiger partial charge on any atom is 0.248 e. The van der Waals surface area contributed by atoms with Crippen molar-refractivity contribution in [2.45, 2.75) is 13.5 Å². The van der Waals surface area contributed by atoms with Crippen LogP contribution in [0.25, 0.3) is 11.4 Å². The Kier molecular flexibility index (Phi) is 4.09. The third-order valence-corrected chi connectivity index (χ3v) is 3.14. The van der Waals surface area contributed by atoms with Gasteiger partial charge in [0.05, 0.1) is 0 Å². The Balaban J connectivity index is 1.66. The SMILES string of the molecule is Cc1cccc(NC(=O)Cn2nnc(-c3ccc(F)cc3)n2)c1. The first-order valence-electron chi connectivity index (χ1n) is 7.00. The van der Waals surface area contributed by atoms with Gasteiger partial charge in [-0.1, -0.05) is 12.1 Å². The highest BCUT2D eigenvalue weighted by Crippen LogP contribution is 2.14. The van der Waals surface area contributed by atoms with Crippen molar-refractivity contribution in [3.05, 3.63) is 59.9 Å². The third-order valence-electron chi connectivity index (χ3n) is 3.14. The van der Waals surface area contributed by atoms with Gasteiger partial charge in [-0.2, -0.15) is 4.80 Å². The second-order valence-corrected chi connectivity index (χ2v) is 5.07. The number of amides is 1. The maximum absolute atomic E-state index is 12.9. The Hall–Kier alpha value is -3.09. The van der Waals surface area contributed by atoms with Crippen molar-refractivity contribution in [2.75, 3.05) is 5.32 Å². The van der Waals surface area contributed by atoms with Crippen LogP contribution in [0, 0.1) is 12.7 Å². The van der Waals surface area contributed by atoms with Gasteiger partial charge < -0.3 is 5.32 Å². The zero-order valence-electron chi connectivity index (χ0n) is 12.4. The van der Waals surface area contributed by atoms with Gasteiger partial charge in [-0.25, -0.2) is 4.39 Å². The number of nitrogens with zero attached hydrogens (tertiary/aromatic N) is 4. The van der Waals surface area contributed by atoms with E-state index in [-0.39, 0.29) is 18.3 Å². The zero-order valence-corrected chi connectivity index (χ0v) is 12.4. The van der Waals surface area contributed by atoms with Crippen LogP contribution in [0.5, 0.6) is 0 Å². The predicted molar refractivity (Wildman–Crippen MR) is 83.0 cm³/mol. The molecule has 2 aromatic carbocycles. The average Bonchev–Trinajstić information content (AvgIpc) is 2.96. The fourth-order valence-electron chi connectivity index (χ4n) is 2.08. The van der Waals surface area contributed by atoms with E-state index in [0.717, 1.165) is 5.56 Å². The summed E-state index contributed by atoms with van der Waals surface area (Å²) in [5, 5.41) is 14.6. The molecule has 23 heavy (non-hydrogen) atoms. The summed E-state index contributed by atoms with van der Waals surface area (Å²) in [6, 6.07) is 13.3. The molecule has 0 atom stereocenters. The Labute approximate surface area is 132 Å². The Bertz CT molecular complexity index is 828. The van der Waals surface area contributed by atoms with Gasteiger partial charge in [0.2, 0.25) is 11.7 Å². The number of hydrogen-bond acceptors (Lipinski definition) is 4. The Morgan fingerprint density at radius 3 is 2.74 bits per heavy atom. The number of aryl methyl sites for hydroxylation is 1. The van der Waals surface area contributed by atoms with Crippen molar-refractivity contribution in [2.24, 2.45) is 0 Å². The van der Waals surface area contributed by atoms with E-state index in [4.69, 9.17) is 0 Å². The summed E-state index contributed by atoms with van der Waals surface area (Å²) in [5.41, 5.74) is 2.41. The van der Waals surface area contributed by atoms with Gasteiger partial charge >= 0.3 is 0 Å². The van der Waals surface area contributed by atoms with E-state index < -0.39 is 0 Å². The van der Waals surface area contributed by atoms with Gasteiger partial charge in [0.15, 0.2) is 0 Å². The van der Waals surface area contributed by atoms with E-state index in [1.807, 2.05) is 31.2 Å². The lowest BCUT2D eigenvalue weighted by atomic mass is 10.2. The average molecular weight is 311 g/mol. The van der Waals surface area contributed by atoms with Gasteiger partial charge in [-0.3, -0.25) is 4.79 Å². The minimum atomic E-state index is -0.335. The molecule has 0 aliphatic rings. The molecule has 3 aromatic rings. The van der Waals surface area contributed by atoms with Crippen molar-refractivity contribution in [3.63, 3.8) is 0 Å². The molecular formula is C16H14FN5O. The molecule has 0 saturated carbocycles. The lowest BCUT2D eigenvalue weighted by Gasteiger charge is -2.04. The van der Waals surface area contributed by atoms with Crippen molar-refractivity contribution in [3.8, 4) is 11.4 Å². The number of carbonyl (C=O) groups is 1. The lowest BCUT2D eigenvalue weighted by Crippen LogP contribution is -2.20. The van der Waals surface area contributed by atoms with Gasteiger partial charge in [0.25, 0.3) is 0 Å². The van der Waals surface area contributed by atoms with Crippen molar-refractivity contribution >= 4 is 11.6 Å². The van der Waals surface area contributed by atoms with Gasteiger partial charge in [0.1, 0.15) is 12.4 Å². The molecule has 1 aromatic heterocycles. The number of tetrazole rings is 1. The molecule has 116 valence electrons. The Morgan fingerprint density at radius 2 is 2.00 bits per heavy atom. The van der Waals surface area contributed by atoms with Crippen LogP contribution in [-0.2, 0) is 11.3 Å². The molecule has 6 nitrogen and oxygen atoms in total. The molecule has 0 aliphatic carbocycles. The standard InChI is InChI=1S/C16H14FN5O/c1-11-3-2-4-14(9-11)18-15(23)10-22-20-16(19-21-22)12-5-7-13(17)8-6-12/h2-9H,10H2,1H3,(H,18,23). The number of carbonyl (C=O) groups excluding carboxylic acids is 1. The van der Waals surface area contributed by atoms with Crippen LogP contribution in [0.2, 0.25) is 0 Å².